The summed E-state index contributed by atoms with van der Waals surface area (Å²) in [6.45, 7) is 0.751. The molecule has 8 nitrogen and oxygen atoms in total. The molecule has 0 bridgehead atoms. The quantitative estimate of drug-likeness (QED) is 0.0711. The number of esters is 1. The first-order valence-electron chi connectivity index (χ1n) is 12.4. The van der Waals surface area contributed by atoms with Crippen LogP contribution >= 0.6 is 11.8 Å². The van der Waals surface area contributed by atoms with E-state index in [1.54, 1.807) is 18.8 Å². The van der Waals surface area contributed by atoms with Crippen LogP contribution in [0.15, 0.2) is 6.07 Å². The van der Waals surface area contributed by atoms with Crippen molar-refractivity contribution in [2.75, 3.05) is 19.3 Å². The summed E-state index contributed by atoms with van der Waals surface area (Å²) >= 11 is 1.77. The van der Waals surface area contributed by atoms with Crippen LogP contribution in [0.25, 0.3) is 0 Å². The van der Waals surface area contributed by atoms with Gasteiger partial charge in [0.2, 0.25) is 23.3 Å². The zero-order chi connectivity index (χ0) is 26.9. The lowest BCUT2D eigenvalue weighted by molar-refractivity contribution is -0.140. The van der Waals surface area contributed by atoms with Crippen molar-refractivity contribution in [3.8, 4) is 5.75 Å². The molecule has 4 N–H and O–H groups in total. The van der Waals surface area contributed by atoms with Gasteiger partial charge in [0.15, 0.2) is 11.6 Å². The molecule has 2 aliphatic rings. The Morgan fingerprint density at radius 3 is 2.51 bits per heavy atom. The first kappa shape index (κ1) is 29.0. The molecule has 3 amide bonds. The molecule has 1 aromatic carbocycles. The fraction of sp³-hybridized carbons (Fsp3) is 0.625. The van der Waals surface area contributed by atoms with Crippen LogP contribution in [0.1, 0.15) is 51.4 Å². The fourth-order valence-corrected chi connectivity index (χ4v) is 5.97. The minimum Gasteiger partial charge on any atom is -0.418 e. The van der Waals surface area contributed by atoms with Gasteiger partial charge in [0.25, 0.3) is 0 Å². The third-order valence-corrected chi connectivity index (χ3v) is 7.90. The number of hydrogen-bond acceptors (Lipinski definition) is 6. The molecule has 2 saturated heterocycles. The maximum absolute atomic E-state index is 14.0. The molecule has 1 aromatic rings. The van der Waals surface area contributed by atoms with Crippen LogP contribution in [0.2, 0.25) is 0 Å². The van der Waals surface area contributed by atoms with Gasteiger partial charge in [-0.15, -0.1) is 0 Å². The molecule has 0 spiro atoms. The van der Waals surface area contributed by atoms with Crippen molar-refractivity contribution in [1.29, 1.82) is 0 Å². The molecule has 37 heavy (non-hydrogen) atoms. The van der Waals surface area contributed by atoms with E-state index < -0.39 is 46.9 Å². The van der Waals surface area contributed by atoms with Gasteiger partial charge in [-0.25, -0.2) is 18.4 Å². The van der Waals surface area contributed by atoms with Gasteiger partial charge in [-0.1, -0.05) is 19.3 Å². The lowest BCUT2D eigenvalue weighted by Crippen LogP contribution is -2.43. The van der Waals surface area contributed by atoms with Crippen molar-refractivity contribution in [3.05, 3.63) is 29.3 Å². The van der Waals surface area contributed by atoms with Gasteiger partial charge >= 0.3 is 12.0 Å². The predicted octanol–water partition coefficient (Wildman–Crippen LogP) is 3.14. The Bertz CT molecular complexity index is 960. The summed E-state index contributed by atoms with van der Waals surface area (Å²) in [5.74, 6) is -9.35. The van der Waals surface area contributed by atoms with E-state index in [0.29, 0.717) is 19.3 Å². The highest BCUT2D eigenvalue weighted by atomic mass is 32.2. The van der Waals surface area contributed by atoms with Crippen LogP contribution in [-0.4, -0.2) is 60.6 Å². The summed E-state index contributed by atoms with van der Waals surface area (Å²) in [4.78, 5) is 36.7. The Kier molecular flexibility index (Phi) is 10.9. The van der Waals surface area contributed by atoms with E-state index >= 15 is 0 Å². The van der Waals surface area contributed by atoms with Crippen LogP contribution in [0.5, 0.6) is 5.75 Å². The van der Waals surface area contributed by atoms with Gasteiger partial charge in [0.05, 0.1) is 12.1 Å². The summed E-state index contributed by atoms with van der Waals surface area (Å²) in [5, 5.41) is 11.6. The number of rotatable bonds is 14. The van der Waals surface area contributed by atoms with Gasteiger partial charge < -0.3 is 26.0 Å². The number of fused-ring (bicyclic) bond motifs is 1. The van der Waals surface area contributed by atoms with Gasteiger partial charge in [-0.3, -0.25) is 4.79 Å². The van der Waals surface area contributed by atoms with E-state index in [0.717, 1.165) is 31.6 Å². The molecule has 13 heteroatoms. The van der Waals surface area contributed by atoms with Crippen molar-refractivity contribution in [2.45, 2.75) is 74.7 Å². The van der Waals surface area contributed by atoms with Crippen LogP contribution in [0.4, 0.5) is 22.4 Å². The third-order valence-electron chi connectivity index (χ3n) is 6.39. The van der Waals surface area contributed by atoms with E-state index in [1.165, 1.54) is 0 Å². The molecule has 0 aromatic heterocycles. The number of unbranched alkanes of at least 4 members (excludes halogenated alkanes) is 3. The number of nitrogens with one attached hydrogen (secondary N) is 4. The number of carbonyl (C=O) groups excluding carboxylic acids is 3. The molecular formula is C24H32F4N4O4S. The second-order valence-electron chi connectivity index (χ2n) is 9.16. The topological polar surface area (TPSA) is 109 Å². The van der Waals surface area contributed by atoms with Gasteiger partial charge in [0, 0.05) is 23.5 Å². The number of ether oxygens (including phenoxy) is 1. The van der Waals surface area contributed by atoms with E-state index in [9.17, 15) is 31.9 Å². The standard InChI is InChI=1S/C24H32F4N4O4S/c1-29-10-6-2-3-7-15(23(34)36-22-19(27)13(25)11-14(26)20(22)28)30-18(33)9-5-4-8-17-21-16(12-37-17)31-24(35)32-21/h11,15-17,21,29H,2-10,12H2,1H3,(H,30,33)(H2,31,32,35). The molecule has 206 valence electrons. The maximum Gasteiger partial charge on any atom is 0.334 e. The molecule has 0 radical (unpaired) electrons. The van der Waals surface area contributed by atoms with E-state index in [4.69, 9.17) is 0 Å². The summed E-state index contributed by atoms with van der Waals surface area (Å²) in [6, 6.07) is -1.19. The van der Waals surface area contributed by atoms with Crippen molar-refractivity contribution in [2.24, 2.45) is 0 Å². The molecule has 4 unspecified atom stereocenters. The Labute approximate surface area is 217 Å². The number of hydrogen-bond donors (Lipinski definition) is 4. The van der Waals surface area contributed by atoms with Crippen LogP contribution in [-0.2, 0) is 9.59 Å². The molecule has 0 saturated carbocycles. The van der Waals surface area contributed by atoms with Crippen molar-refractivity contribution in [3.63, 3.8) is 0 Å². The summed E-state index contributed by atoms with van der Waals surface area (Å²) < 4.78 is 59.6. The molecule has 0 aliphatic carbocycles. The Morgan fingerprint density at radius 2 is 1.81 bits per heavy atom. The highest BCUT2D eigenvalue weighted by molar-refractivity contribution is 8.00. The first-order chi connectivity index (χ1) is 17.7. The number of carbonyl (C=O) groups is 3. The number of benzene rings is 1. The molecule has 2 fully saturated rings. The van der Waals surface area contributed by atoms with Crippen LogP contribution in [0.3, 0.4) is 0 Å². The van der Waals surface area contributed by atoms with Gasteiger partial charge in [-0.2, -0.15) is 20.5 Å². The SMILES string of the molecule is CNCCCCCC(NC(=O)CCCCC1SCC2NC(=O)NC21)C(=O)Oc1c(F)c(F)cc(F)c1F. The smallest absolute Gasteiger partial charge is 0.334 e. The van der Waals surface area contributed by atoms with E-state index in [-0.39, 0.29) is 42.3 Å². The van der Waals surface area contributed by atoms with E-state index in [2.05, 4.69) is 26.0 Å². The molecule has 3 rings (SSSR count). The average Bonchev–Trinajstić information content (AvgIpc) is 3.41. The summed E-state index contributed by atoms with van der Waals surface area (Å²) in [7, 11) is 1.80. The minimum atomic E-state index is -1.83. The van der Waals surface area contributed by atoms with Crippen molar-refractivity contribution >= 4 is 29.7 Å². The fourth-order valence-electron chi connectivity index (χ4n) is 4.43. The number of thioether (sulfide) groups is 1. The summed E-state index contributed by atoms with van der Waals surface area (Å²) in [6.07, 6.45) is 4.33. The molecule has 2 heterocycles. The number of urea groups is 1. The molecule has 4 atom stereocenters. The molecule has 2 aliphatic heterocycles. The summed E-state index contributed by atoms with van der Waals surface area (Å²) in [5.41, 5.74) is 0. The first-order valence-corrected chi connectivity index (χ1v) is 13.4. The van der Waals surface area contributed by atoms with Crippen molar-refractivity contribution < 1.29 is 36.7 Å². The second-order valence-corrected chi connectivity index (χ2v) is 10.4. The van der Waals surface area contributed by atoms with Crippen LogP contribution < -0.4 is 26.0 Å². The highest BCUT2D eigenvalue weighted by Crippen LogP contribution is 2.33. The van der Waals surface area contributed by atoms with E-state index in [1.807, 2.05) is 0 Å². The Balaban J connectivity index is 1.52. The van der Waals surface area contributed by atoms with Crippen LogP contribution in [0, 0.1) is 23.3 Å². The minimum absolute atomic E-state index is 0.0183. The Morgan fingerprint density at radius 1 is 1.08 bits per heavy atom. The monoisotopic (exact) mass is 548 g/mol. The third kappa shape index (κ3) is 7.97. The highest BCUT2D eigenvalue weighted by Gasteiger charge is 2.42. The average molecular weight is 549 g/mol. The number of halogens is 4. The zero-order valence-corrected chi connectivity index (χ0v) is 21.3. The van der Waals surface area contributed by atoms with Crippen molar-refractivity contribution in [1.82, 2.24) is 21.3 Å². The maximum atomic E-state index is 14.0. The lowest BCUT2D eigenvalue weighted by Gasteiger charge is -2.19. The Hall–Kier alpha value is -2.54. The predicted molar refractivity (Wildman–Crippen MR) is 130 cm³/mol. The van der Waals surface area contributed by atoms with Gasteiger partial charge in [-0.05, 0) is 39.3 Å². The molecular weight excluding hydrogens is 516 g/mol. The lowest BCUT2D eigenvalue weighted by atomic mass is 10.0. The normalized spacial score (nSPS) is 21.2. The second kappa shape index (κ2) is 13.8. The number of amides is 3. The largest absolute Gasteiger partial charge is 0.418 e. The zero-order valence-electron chi connectivity index (χ0n) is 20.5. The van der Waals surface area contributed by atoms with Gasteiger partial charge in [0.1, 0.15) is 6.04 Å².